The highest BCUT2D eigenvalue weighted by Crippen LogP contribution is 2.17. The smallest absolute Gasteiger partial charge is 0.240 e. The van der Waals surface area contributed by atoms with Gasteiger partial charge in [-0.2, -0.15) is 5.10 Å². The number of rotatable bonds is 4. The van der Waals surface area contributed by atoms with Gasteiger partial charge in [-0.3, -0.25) is 4.68 Å². The first-order valence-corrected chi connectivity index (χ1v) is 7.69. The van der Waals surface area contributed by atoms with Crippen LogP contribution < -0.4 is 10.5 Å². The molecule has 0 spiro atoms. The van der Waals surface area contributed by atoms with Crippen molar-refractivity contribution in [3.8, 4) is 0 Å². The van der Waals surface area contributed by atoms with Gasteiger partial charge in [-0.1, -0.05) is 22.0 Å². The molecule has 2 aromatic rings. The van der Waals surface area contributed by atoms with E-state index in [1.807, 2.05) is 0 Å². The van der Waals surface area contributed by atoms with Crippen LogP contribution in [0.15, 0.2) is 39.8 Å². The van der Waals surface area contributed by atoms with Crippen LogP contribution in [0.4, 0.5) is 5.82 Å². The molecule has 19 heavy (non-hydrogen) atoms. The molecule has 0 aliphatic rings. The Kier molecular flexibility index (Phi) is 3.93. The first kappa shape index (κ1) is 14.0. The number of nitrogens with one attached hydrogen (secondary N) is 1. The van der Waals surface area contributed by atoms with Crippen molar-refractivity contribution < 1.29 is 8.42 Å². The van der Waals surface area contributed by atoms with E-state index in [0.717, 1.165) is 0 Å². The largest absolute Gasteiger partial charge is 0.384 e. The molecule has 0 unspecified atom stereocenters. The summed E-state index contributed by atoms with van der Waals surface area (Å²) in [6.07, 6.45) is 1.54. The highest BCUT2D eigenvalue weighted by molar-refractivity contribution is 9.10. The summed E-state index contributed by atoms with van der Waals surface area (Å²) in [5.74, 6) is 0.442. The zero-order valence-electron chi connectivity index (χ0n) is 10.2. The zero-order chi connectivity index (χ0) is 14.0. The third kappa shape index (κ3) is 3.14. The summed E-state index contributed by atoms with van der Waals surface area (Å²) < 4.78 is 28.8. The normalized spacial score (nSPS) is 11.7. The summed E-state index contributed by atoms with van der Waals surface area (Å²) in [5, 5.41) is 3.95. The fourth-order valence-electron chi connectivity index (χ4n) is 1.52. The Morgan fingerprint density at radius 3 is 2.79 bits per heavy atom. The first-order valence-electron chi connectivity index (χ1n) is 5.42. The number of nitrogens with two attached hydrogens (primary N) is 1. The van der Waals surface area contributed by atoms with Crippen LogP contribution >= 0.6 is 15.9 Å². The van der Waals surface area contributed by atoms with Gasteiger partial charge in [0.05, 0.1) is 11.1 Å². The summed E-state index contributed by atoms with van der Waals surface area (Å²) in [6, 6.07) is 6.49. The average Bonchev–Trinajstić information content (AvgIpc) is 2.68. The Morgan fingerprint density at radius 1 is 1.47 bits per heavy atom. The summed E-state index contributed by atoms with van der Waals surface area (Å²) in [5.41, 5.74) is 6.39. The van der Waals surface area contributed by atoms with Gasteiger partial charge in [0.25, 0.3) is 0 Å². The van der Waals surface area contributed by atoms with Crippen LogP contribution in [0.25, 0.3) is 0 Å². The number of halogens is 1. The highest BCUT2D eigenvalue weighted by Gasteiger charge is 2.15. The van der Waals surface area contributed by atoms with Crippen LogP contribution in [0.5, 0.6) is 0 Å². The zero-order valence-corrected chi connectivity index (χ0v) is 12.6. The second-order valence-corrected chi connectivity index (χ2v) is 6.64. The number of sulfonamides is 1. The Morgan fingerprint density at radius 2 is 2.21 bits per heavy atom. The molecule has 0 amide bonds. The van der Waals surface area contributed by atoms with Crippen LogP contribution in [0.1, 0.15) is 5.56 Å². The molecule has 2 rings (SSSR count). The van der Waals surface area contributed by atoms with Crippen LogP contribution in [0.3, 0.4) is 0 Å². The molecule has 0 atom stereocenters. The molecule has 102 valence electrons. The van der Waals surface area contributed by atoms with Crippen LogP contribution in [0, 0.1) is 0 Å². The fraction of sp³-hybridized carbons (Fsp3) is 0.182. The molecule has 0 saturated heterocycles. The van der Waals surface area contributed by atoms with Crippen molar-refractivity contribution in [2.45, 2.75) is 11.4 Å². The molecule has 6 nitrogen and oxygen atoms in total. The van der Waals surface area contributed by atoms with Gasteiger partial charge in [0.15, 0.2) is 0 Å². The Hall–Kier alpha value is -1.38. The molecular weight excluding hydrogens is 332 g/mol. The Labute approximate surface area is 119 Å². The van der Waals surface area contributed by atoms with E-state index in [1.165, 1.54) is 16.8 Å². The number of nitrogens with zero attached hydrogens (tertiary/aromatic N) is 2. The van der Waals surface area contributed by atoms with E-state index in [0.29, 0.717) is 15.9 Å². The molecule has 0 bridgehead atoms. The Balaban J connectivity index is 2.17. The van der Waals surface area contributed by atoms with E-state index in [1.54, 1.807) is 25.4 Å². The van der Waals surface area contributed by atoms with Crippen molar-refractivity contribution in [3.05, 3.63) is 40.5 Å². The second-order valence-electron chi connectivity index (χ2n) is 3.96. The lowest BCUT2D eigenvalue weighted by Crippen LogP contribution is -2.23. The molecule has 8 heteroatoms. The summed E-state index contributed by atoms with van der Waals surface area (Å²) in [7, 11) is -1.86. The van der Waals surface area contributed by atoms with E-state index in [9.17, 15) is 8.42 Å². The summed E-state index contributed by atoms with van der Waals surface area (Å²) >= 11 is 3.24. The standard InChI is InChI=1S/C11H13BrN4O2S/c1-16-11(13)8(6-14-16)7-15-19(17,18)10-4-2-3-9(12)5-10/h2-6,15H,7,13H2,1H3. The van der Waals surface area contributed by atoms with E-state index in [4.69, 9.17) is 5.73 Å². The monoisotopic (exact) mass is 344 g/mol. The van der Waals surface area contributed by atoms with Gasteiger partial charge in [-0.15, -0.1) is 0 Å². The van der Waals surface area contributed by atoms with E-state index in [-0.39, 0.29) is 11.4 Å². The van der Waals surface area contributed by atoms with Crippen molar-refractivity contribution in [1.29, 1.82) is 0 Å². The molecule has 0 fully saturated rings. The molecule has 0 aliphatic heterocycles. The molecule has 1 heterocycles. The molecule has 0 radical (unpaired) electrons. The van der Waals surface area contributed by atoms with Gasteiger partial charge < -0.3 is 5.73 Å². The summed E-state index contributed by atoms with van der Waals surface area (Å²) in [6.45, 7) is 0.106. The average molecular weight is 345 g/mol. The maximum atomic E-state index is 12.1. The van der Waals surface area contributed by atoms with Crippen molar-refractivity contribution in [2.75, 3.05) is 5.73 Å². The minimum Gasteiger partial charge on any atom is -0.384 e. The first-order chi connectivity index (χ1) is 8.90. The van der Waals surface area contributed by atoms with Crippen molar-refractivity contribution in [2.24, 2.45) is 7.05 Å². The molecular formula is C11H13BrN4O2S. The van der Waals surface area contributed by atoms with Crippen LogP contribution in [0.2, 0.25) is 0 Å². The lowest BCUT2D eigenvalue weighted by molar-refractivity contribution is 0.581. The predicted molar refractivity (Wildman–Crippen MR) is 75.8 cm³/mol. The lowest BCUT2D eigenvalue weighted by atomic mass is 10.3. The minimum absolute atomic E-state index is 0.106. The molecule has 0 saturated carbocycles. The predicted octanol–water partition coefficient (Wildman–Crippen LogP) is 1.24. The summed E-state index contributed by atoms with van der Waals surface area (Å²) in [4.78, 5) is 0.198. The van der Waals surface area contributed by atoms with Crippen LogP contribution in [-0.4, -0.2) is 18.2 Å². The molecule has 1 aromatic carbocycles. The number of aromatic nitrogens is 2. The number of nitrogen functional groups attached to an aromatic ring is 1. The van der Waals surface area contributed by atoms with Crippen molar-refractivity contribution in [3.63, 3.8) is 0 Å². The quantitative estimate of drug-likeness (QED) is 0.873. The second kappa shape index (κ2) is 5.32. The van der Waals surface area contributed by atoms with Crippen LogP contribution in [-0.2, 0) is 23.6 Å². The van der Waals surface area contributed by atoms with Gasteiger partial charge in [0, 0.05) is 23.6 Å². The van der Waals surface area contributed by atoms with Crippen molar-refractivity contribution in [1.82, 2.24) is 14.5 Å². The number of benzene rings is 1. The highest BCUT2D eigenvalue weighted by atomic mass is 79.9. The Bertz CT molecular complexity index is 696. The number of hydrogen-bond acceptors (Lipinski definition) is 4. The number of hydrogen-bond donors (Lipinski definition) is 2. The third-order valence-electron chi connectivity index (χ3n) is 2.62. The van der Waals surface area contributed by atoms with Gasteiger partial charge >= 0.3 is 0 Å². The van der Waals surface area contributed by atoms with Gasteiger partial charge in [-0.05, 0) is 18.2 Å². The topological polar surface area (TPSA) is 90.0 Å². The molecule has 0 aliphatic carbocycles. The SMILES string of the molecule is Cn1ncc(CNS(=O)(=O)c2cccc(Br)c2)c1N. The number of anilines is 1. The number of aryl methyl sites for hydroxylation is 1. The lowest BCUT2D eigenvalue weighted by Gasteiger charge is -2.06. The third-order valence-corrected chi connectivity index (χ3v) is 4.52. The van der Waals surface area contributed by atoms with Crippen molar-refractivity contribution >= 4 is 31.8 Å². The van der Waals surface area contributed by atoms with Gasteiger partial charge in [0.2, 0.25) is 10.0 Å². The van der Waals surface area contributed by atoms with Gasteiger partial charge in [0.1, 0.15) is 5.82 Å². The molecule has 3 N–H and O–H groups in total. The fourth-order valence-corrected chi connectivity index (χ4v) is 3.12. The van der Waals surface area contributed by atoms with E-state index < -0.39 is 10.0 Å². The molecule has 1 aromatic heterocycles. The van der Waals surface area contributed by atoms with E-state index >= 15 is 0 Å². The maximum absolute atomic E-state index is 12.1. The maximum Gasteiger partial charge on any atom is 0.240 e. The van der Waals surface area contributed by atoms with E-state index in [2.05, 4.69) is 25.8 Å². The minimum atomic E-state index is -3.56. The van der Waals surface area contributed by atoms with Gasteiger partial charge in [-0.25, -0.2) is 13.1 Å².